The number of aromatic nitrogens is 1. The third-order valence-electron chi connectivity index (χ3n) is 2.44. The van der Waals surface area contributed by atoms with E-state index in [2.05, 4.69) is 16.8 Å². The smallest absolute Gasteiger partial charge is 0.152 e. The number of pyridine rings is 1. The predicted octanol–water partition coefficient (Wildman–Crippen LogP) is 3.44. The van der Waals surface area contributed by atoms with Gasteiger partial charge in [0.2, 0.25) is 0 Å². The van der Waals surface area contributed by atoms with Gasteiger partial charge in [-0.15, -0.1) is 0 Å². The molecule has 0 aliphatic heterocycles. The first-order valence-corrected chi connectivity index (χ1v) is 5.88. The van der Waals surface area contributed by atoms with Gasteiger partial charge in [-0.2, -0.15) is 0 Å². The van der Waals surface area contributed by atoms with Gasteiger partial charge in [-0.1, -0.05) is 24.1 Å². The van der Waals surface area contributed by atoms with Crippen LogP contribution in [0.5, 0.6) is 0 Å². The number of fused-ring (bicyclic) bond motifs is 1. The van der Waals surface area contributed by atoms with E-state index >= 15 is 0 Å². The lowest BCUT2D eigenvalue weighted by molar-refractivity contribution is 0.112. The van der Waals surface area contributed by atoms with Crippen molar-refractivity contribution in [1.82, 2.24) is 4.98 Å². The zero-order chi connectivity index (χ0) is 13.2. The Labute approximate surface area is 107 Å². The average Bonchev–Trinajstić information content (AvgIpc) is 2.34. The Morgan fingerprint density at radius 2 is 1.94 bits per heavy atom. The summed E-state index contributed by atoms with van der Waals surface area (Å²) in [5, 5.41) is 0.959. The molecule has 2 heteroatoms. The van der Waals surface area contributed by atoms with Crippen LogP contribution in [0.3, 0.4) is 0 Å². The van der Waals surface area contributed by atoms with E-state index in [1.165, 1.54) is 0 Å². The first-order valence-electron chi connectivity index (χ1n) is 5.88. The highest BCUT2D eigenvalue weighted by atomic mass is 16.1. The van der Waals surface area contributed by atoms with Crippen molar-refractivity contribution in [1.29, 1.82) is 0 Å². The maximum Gasteiger partial charge on any atom is 0.152 e. The molecule has 0 atom stereocenters. The maximum absolute atomic E-state index is 11.1. The van der Waals surface area contributed by atoms with Gasteiger partial charge in [-0.3, -0.25) is 4.79 Å². The standard InChI is InChI=1S/C16H15NO/c1-16(2,3)9-8-15-13(11-18)10-12-6-4-5-7-14(12)17-15/h4-7,10-11H,1-3H3. The monoisotopic (exact) mass is 237 g/mol. The molecule has 0 saturated heterocycles. The topological polar surface area (TPSA) is 30.0 Å². The molecule has 0 unspecified atom stereocenters. The molecule has 0 aliphatic rings. The fourth-order valence-corrected chi connectivity index (χ4v) is 1.57. The molecule has 18 heavy (non-hydrogen) atoms. The van der Waals surface area contributed by atoms with Crippen LogP contribution in [0.2, 0.25) is 0 Å². The van der Waals surface area contributed by atoms with Gasteiger partial charge in [-0.25, -0.2) is 4.98 Å². The van der Waals surface area contributed by atoms with Crippen molar-refractivity contribution >= 4 is 17.2 Å². The van der Waals surface area contributed by atoms with Crippen molar-refractivity contribution in [3.8, 4) is 11.8 Å². The van der Waals surface area contributed by atoms with Crippen molar-refractivity contribution in [2.75, 3.05) is 0 Å². The molecule has 0 radical (unpaired) electrons. The van der Waals surface area contributed by atoms with E-state index in [-0.39, 0.29) is 5.41 Å². The fourth-order valence-electron chi connectivity index (χ4n) is 1.57. The van der Waals surface area contributed by atoms with Gasteiger partial charge in [0.1, 0.15) is 5.69 Å². The Kier molecular flexibility index (Phi) is 3.16. The van der Waals surface area contributed by atoms with E-state index < -0.39 is 0 Å². The lowest BCUT2D eigenvalue weighted by atomic mass is 9.97. The maximum atomic E-state index is 11.1. The van der Waals surface area contributed by atoms with Crippen molar-refractivity contribution < 1.29 is 4.79 Å². The van der Waals surface area contributed by atoms with Gasteiger partial charge >= 0.3 is 0 Å². The number of hydrogen-bond donors (Lipinski definition) is 0. The average molecular weight is 237 g/mol. The van der Waals surface area contributed by atoms with Gasteiger partial charge in [-0.05, 0) is 38.8 Å². The number of rotatable bonds is 1. The van der Waals surface area contributed by atoms with E-state index in [0.29, 0.717) is 11.3 Å². The van der Waals surface area contributed by atoms with Gasteiger partial charge < -0.3 is 0 Å². The summed E-state index contributed by atoms with van der Waals surface area (Å²) in [5.74, 6) is 6.11. The molecule has 2 nitrogen and oxygen atoms in total. The second-order valence-corrected chi connectivity index (χ2v) is 5.24. The summed E-state index contributed by atoms with van der Waals surface area (Å²) in [7, 11) is 0. The lowest BCUT2D eigenvalue weighted by Crippen LogP contribution is -2.01. The predicted molar refractivity (Wildman–Crippen MR) is 73.5 cm³/mol. The Morgan fingerprint density at radius 1 is 1.22 bits per heavy atom. The second kappa shape index (κ2) is 4.62. The largest absolute Gasteiger partial charge is 0.298 e. The summed E-state index contributed by atoms with van der Waals surface area (Å²) in [6.45, 7) is 6.09. The summed E-state index contributed by atoms with van der Waals surface area (Å²) in [6.07, 6.45) is 0.812. The SMILES string of the molecule is CC(C)(C)C#Cc1nc2ccccc2cc1C=O. The number of para-hydroxylation sites is 1. The fraction of sp³-hybridized carbons (Fsp3) is 0.250. The molecule has 0 bridgehead atoms. The van der Waals surface area contributed by atoms with Gasteiger partial charge in [0, 0.05) is 16.4 Å². The molecule has 0 saturated carbocycles. The molecule has 0 N–H and O–H groups in total. The Balaban J connectivity index is 2.61. The van der Waals surface area contributed by atoms with Crippen LogP contribution in [0.25, 0.3) is 10.9 Å². The highest BCUT2D eigenvalue weighted by molar-refractivity contribution is 5.88. The number of carbonyl (C=O) groups excluding carboxylic acids is 1. The highest BCUT2D eigenvalue weighted by Crippen LogP contribution is 2.16. The van der Waals surface area contributed by atoms with Crippen LogP contribution in [0.4, 0.5) is 0 Å². The van der Waals surface area contributed by atoms with Crippen molar-refractivity contribution in [3.05, 3.63) is 41.6 Å². The van der Waals surface area contributed by atoms with Crippen LogP contribution in [-0.2, 0) is 0 Å². The van der Waals surface area contributed by atoms with Crippen molar-refractivity contribution in [2.24, 2.45) is 5.41 Å². The van der Waals surface area contributed by atoms with E-state index in [4.69, 9.17) is 0 Å². The lowest BCUT2D eigenvalue weighted by Gasteiger charge is -2.07. The molecule has 0 amide bonds. The summed E-state index contributed by atoms with van der Waals surface area (Å²) < 4.78 is 0. The first kappa shape index (κ1) is 12.3. The highest BCUT2D eigenvalue weighted by Gasteiger charge is 2.07. The van der Waals surface area contributed by atoms with Gasteiger partial charge in [0.05, 0.1) is 5.52 Å². The Morgan fingerprint density at radius 3 is 2.61 bits per heavy atom. The Bertz CT molecular complexity index is 654. The molecule has 0 spiro atoms. The molecular weight excluding hydrogens is 222 g/mol. The van der Waals surface area contributed by atoms with Crippen LogP contribution in [0.1, 0.15) is 36.8 Å². The number of carbonyl (C=O) groups is 1. The first-order chi connectivity index (χ1) is 8.49. The minimum absolute atomic E-state index is 0.104. The van der Waals surface area contributed by atoms with Crippen LogP contribution in [-0.4, -0.2) is 11.3 Å². The quantitative estimate of drug-likeness (QED) is 0.561. The summed E-state index contributed by atoms with van der Waals surface area (Å²) >= 11 is 0. The molecule has 0 fully saturated rings. The summed E-state index contributed by atoms with van der Waals surface area (Å²) in [6, 6.07) is 9.56. The number of nitrogens with zero attached hydrogens (tertiary/aromatic N) is 1. The summed E-state index contributed by atoms with van der Waals surface area (Å²) in [4.78, 5) is 15.5. The molecular formula is C16H15NO. The number of benzene rings is 1. The molecule has 2 aromatic rings. The van der Waals surface area contributed by atoms with Crippen LogP contribution in [0.15, 0.2) is 30.3 Å². The van der Waals surface area contributed by atoms with Crippen molar-refractivity contribution in [3.63, 3.8) is 0 Å². The minimum atomic E-state index is -0.104. The Hall–Kier alpha value is -2.14. The van der Waals surface area contributed by atoms with E-state index in [9.17, 15) is 4.79 Å². The molecule has 2 rings (SSSR count). The van der Waals surface area contributed by atoms with Crippen LogP contribution in [0, 0.1) is 17.3 Å². The third kappa shape index (κ3) is 2.75. The zero-order valence-corrected chi connectivity index (χ0v) is 10.8. The van der Waals surface area contributed by atoms with Crippen LogP contribution >= 0.6 is 0 Å². The van der Waals surface area contributed by atoms with Crippen molar-refractivity contribution in [2.45, 2.75) is 20.8 Å². The molecule has 1 aromatic heterocycles. The normalized spacial score (nSPS) is 10.8. The molecule has 0 aliphatic carbocycles. The van der Waals surface area contributed by atoms with Crippen LogP contribution < -0.4 is 0 Å². The second-order valence-electron chi connectivity index (χ2n) is 5.24. The van der Waals surface area contributed by atoms with E-state index in [1.807, 2.05) is 51.1 Å². The molecule has 1 heterocycles. The van der Waals surface area contributed by atoms with Gasteiger partial charge in [0.25, 0.3) is 0 Å². The minimum Gasteiger partial charge on any atom is -0.298 e. The molecule has 90 valence electrons. The summed E-state index contributed by atoms with van der Waals surface area (Å²) in [5.41, 5.74) is 1.86. The number of hydrogen-bond acceptors (Lipinski definition) is 2. The molecule has 1 aromatic carbocycles. The number of aldehydes is 1. The zero-order valence-electron chi connectivity index (χ0n) is 10.8. The third-order valence-corrected chi connectivity index (χ3v) is 2.44. The van der Waals surface area contributed by atoms with Gasteiger partial charge in [0.15, 0.2) is 6.29 Å². The van der Waals surface area contributed by atoms with E-state index in [1.54, 1.807) is 0 Å². The van der Waals surface area contributed by atoms with E-state index in [0.717, 1.165) is 17.2 Å².